The molecule has 1 heterocycles. The second-order valence-electron chi connectivity index (χ2n) is 6.04. The number of amides is 1. The Morgan fingerprint density at radius 2 is 1.77 bits per heavy atom. The number of halogens is 3. The van der Waals surface area contributed by atoms with E-state index in [1.165, 1.54) is 6.92 Å². The highest BCUT2D eigenvalue weighted by Gasteiger charge is 2.39. The molecule has 0 saturated carbocycles. The zero-order chi connectivity index (χ0) is 24.2. The lowest BCUT2D eigenvalue weighted by Crippen LogP contribution is -2.40. The summed E-state index contributed by atoms with van der Waals surface area (Å²) in [5.41, 5.74) is -4.16. The summed E-state index contributed by atoms with van der Waals surface area (Å²) in [6.45, 7) is 9.22. The average Bonchev–Trinajstić information content (AvgIpc) is 2.75. The number of aryl methyl sites for hydroxylation is 1. The van der Waals surface area contributed by atoms with E-state index in [2.05, 4.69) is 10.3 Å². The number of nitrogens with one attached hydrogen (secondary N) is 1. The molecule has 0 radical (unpaired) electrons. The van der Waals surface area contributed by atoms with E-state index in [-0.39, 0.29) is 18.5 Å². The van der Waals surface area contributed by atoms with Gasteiger partial charge in [0, 0.05) is 23.6 Å². The molecule has 0 saturated heterocycles. The fraction of sp³-hybridized carbons (Fsp3) is 0.429. The number of anilines is 1. The lowest BCUT2D eigenvalue weighted by molar-refractivity contribution is -0.388. The van der Waals surface area contributed by atoms with Gasteiger partial charge >= 0.3 is 6.18 Å². The summed E-state index contributed by atoms with van der Waals surface area (Å²) in [5.74, 6) is -0.930. The molecule has 0 fully saturated rings. The predicted octanol–water partition coefficient (Wildman–Crippen LogP) is 5.38. The van der Waals surface area contributed by atoms with Crippen molar-refractivity contribution in [1.29, 1.82) is 0 Å². The Kier molecular flexibility index (Phi) is 11.4. The third-order valence-electron chi connectivity index (χ3n) is 3.84. The number of nitrogens with zero attached hydrogens (tertiary/aromatic N) is 2. The molecule has 1 atom stereocenters. The monoisotopic (exact) mass is 443 g/mol. The van der Waals surface area contributed by atoms with E-state index in [0.29, 0.717) is 17.8 Å². The Labute approximate surface area is 179 Å². The van der Waals surface area contributed by atoms with Crippen LogP contribution in [0.2, 0.25) is 0 Å². The first-order valence-electron chi connectivity index (χ1n) is 9.80. The first-order chi connectivity index (χ1) is 14.5. The van der Waals surface area contributed by atoms with Crippen molar-refractivity contribution in [2.45, 2.75) is 59.2 Å². The maximum Gasteiger partial charge on any atom is 0.423 e. The number of nitro benzene ring substituents is 1. The van der Waals surface area contributed by atoms with Gasteiger partial charge in [0.2, 0.25) is 0 Å². The van der Waals surface area contributed by atoms with Gasteiger partial charge in [0.15, 0.2) is 0 Å². The van der Waals surface area contributed by atoms with Crippen LogP contribution in [-0.2, 0) is 17.4 Å². The molecule has 2 N–H and O–H groups in total. The number of alkyl halides is 3. The largest absolute Gasteiger partial charge is 0.423 e. The minimum Gasteiger partial charge on any atom is -0.380 e. The van der Waals surface area contributed by atoms with Crippen LogP contribution in [0, 0.1) is 10.1 Å². The highest BCUT2D eigenvalue weighted by molar-refractivity contribution is 5.97. The Bertz CT molecular complexity index is 842. The molecule has 10 heteroatoms. The van der Waals surface area contributed by atoms with E-state index in [1.807, 2.05) is 27.7 Å². The van der Waals surface area contributed by atoms with Crippen molar-refractivity contribution in [2.75, 3.05) is 5.32 Å². The van der Waals surface area contributed by atoms with E-state index in [0.717, 1.165) is 6.07 Å². The molecule has 2 rings (SSSR count). The van der Waals surface area contributed by atoms with Crippen LogP contribution in [0.1, 0.15) is 52.3 Å². The summed E-state index contributed by atoms with van der Waals surface area (Å²) in [6.07, 6.45) is -3.16. The zero-order valence-corrected chi connectivity index (χ0v) is 18.2. The van der Waals surface area contributed by atoms with Crippen molar-refractivity contribution in [2.24, 2.45) is 0 Å². The minimum absolute atomic E-state index is 0.0189. The number of benzene rings is 1. The number of aliphatic hydroxyl groups is 1. The molecule has 0 spiro atoms. The van der Waals surface area contributed by atoms with Gasteiger partial charge in [-0.05, 0) is 44.0 Å². The predicted molar refractivity (Wildman–Crippen MR) is 113 cm³/mol. The molecule has 0 aliphatic carbocycles. The Hall–Kier alpha value is -3.01. The van der Waals surface area contributed by atoms with Gasteiger partial charge in [0.05, 0.1) is 4.92 Å². The third kappa shape index (κ3) is 8.71. The van der Waals surface area contributed by atoms with Crippen LogP contribution in [0.5, 0.6) is 0 Å². The molecular formula is C21H28F3N3O4. The highest BCUT2D eigenvalue weighted by atomic mass is 19.4. The molecule has 2 aromatic rings. The first-order valence-corrected chi connectivity index (χ1v) is 9.80. The lowest BCUT2D eigenvalue weighted by atomic mass is 9.97. The normalized spacial score (nSPS) is 12.3. The number of pyridine rings is 1. The van der Waals surface area contributed by atoms with Gasteiger partial charge in [-0.3, -0.25) is 19.9 Å². The maximum absolute atomic E-state index is 13.0. The summed E-state index contributed by atoms with van der Waals surface area (Å²) >= 11 is 0. The van der Waals surface area contributed by atoms with E-state index >= 15 is 0 Å². The third-order valence-corrected chi connectivity index (χ3v) is 3.84. The van der Waals surface area contributed by atoms with Crippen molar-refractivity contribution in [3.63, 3.8) is 0 Å². The van der Waals surface area contributed by atoms with Gasteiger partial charge < -0.3 is 10.4 Å². The van der Waals surface area contributed by atoms with Crippen molar-refractivity contribution in [1.82, 2.24) is 4.98 Å². The molecular weight excluding hydrogens is 415 g/mol. The summed E-state index contributed by atoms with van der Waals surface area (Å²) in [4.78, 5) is 25.9. The SMILES string of the molecule is CC.CC.C[C@](O)(CCc1ccccn1)C(=O)Nc1ccc([N+](=O)[O-])c(C(F)(F)F)c1. The lowest BCUT2D eigenvalue weighted by Gasteiger charge is -2.22. The minimum atomic E-state index is -4.97. The Morgan fingerprint density at radius 1 is 1.16 bits per heavy atom. The Morgan fingerprint density at radius 3 is 2.26 bits per heavy atom. The summed E-state index contributed by atoms with van der Waals surface area (Å²) < 4.78 is 39.0. The van der Waals surface area contributed by atoms with Gasteiger partial charge in [-0.25, -0.2) is 0 Å². The van der Waals surface area contributed by atoms with Gasteiger partial charge in [0.25, 0.3) is 11.6 Å². The van der Waals surface area contributed by atoms with Crippen molar-refractivity contribution < 1.29 is 28.0 Å². The molecule has 1 aromatic heterocycles. The standard InChI is InChI=1S/C17H16F3N3O4.2C2H6/c1-16(25,8-7-11-4-2-3-9-21-11)15(24)22-12-5-6-14(23(26)27)13(10-12)17(18,19)20;2*1-2/h2-6,9-10,25H,7-8H2,1H3,(H,22,24);2*1-2H3/t16-;;/m0../s1. The topological polar surface area (TPSA) is 105 Å². The van der Waals surface area contributed by atoms with Crippen LogP contribution in [-0.4, -0.2) is 26.5 Å². The van der Waals surface area contributed by atoms with Crippen LogP contribution < -0.4 is 5.32 Å². The first kappa shape index (κ1) is 28.0. The van der Waals surface area contributed by atoms with E-state index in [9.17, 15) is 33.2 Å². The number of nitro groups is 1. The van der Waals surface area contributed by atoms with Crippen LogP contribution >= 0.6 is 0 Å². The number of rotatable bonds is 6. The Balaban J connectivity index is 0.00000212. The number of hydrogen-bond acceptors (Lipinski definition) is 5. The summed E-state index contributed by atoms with van der Waals surface area (Å²) in [5, 5.41) is 23.2. The van der Waals surface area contributed by atoms with Gasteiger partial charge in [-0.15, -0.1) is 0 Å². The average molecular weight is 443 g/mol. The molecule has 1 amide bonds. The van der Waals surface area contributed by atoms with Crippen molar-refractivity contribution in [3.05, 3.63) is 64.0 Å². The fourth-order valence-electron chi connectivity index (χ4n) is 2.30. The number of carbonyl (C=O) groups is 1. The highest BCUT2D eigenvalue weighted by Crippen LogP contribution is 2.37. The zero-order valence-electron chi connectivity index (χ0n) is 18.2. The van der Waals surface area contributed by atoms with Crippen LogP contribution in [0.15, 0.2) is 42.6 Å². The molecule has 172 valence electrons. The van der Waals surface area contributed by atoms with Gasteiger partial charge in [-0.1, -0.05) is 33.8 Å². The van der Waals surface area contributed by atoms with Crippen molar-refractivity contribution >= 4 is 17.3 Å². The maximum atomic E-state index is 13.0. The van der Waals surface area contributed by atoms with Crippen molar-refractivity contribution in [3.8, 4) is 0 Å². The summed E-state index contributed by atoms with van der Waals surface area (Å²) in [6, 6.07) is 7.25. The van der Waals surface area contributed by atoms with E-state index in [1.54, 1.807) is 24.4 Å². The van der Waals surface area contributed by atoms with Crippen LogP contribution in [0.4, 0.5) is 24.5 Å². The van der Waals surface area contributed by atoms with Crippen LogP contribution in [0.25, 0.3) is 0 Å². The molecule has 0 aliphatic heterocycles. The van der Waals surface area contributed by atoms with Gasteiger partial charge in [-0.2, -0.15) is 13.2 Å². The molecule has 7 nitrogen and oxygen atoms in total. The number of aromatic nitrogens is 1. The summed E-state index contributed by atoms with van der Waals surface area (Å²) in [7, 11) is 0. The molecule has 0 bridgehead atoms. The fourth-order valence-corrected chi connectivity index (χ4v) is 2.30. The molecule has 0 aliphatic rings. The number of hydrogen-bond donors (Lipinski definition) is 2. The van der Waals surface area contributed by atoms with Gasteiger partial charge in [0.1, 0.15) is 11.2 Å². The smallest absolute Gasteiger partial charge is 0.380 e. The number of carbonyl (C=O) groups excluding carboxylic acids is 1. The second-order valence-corrected chi connectivity index (χ2v) is 6.04. The van der Waals surface area contributed by atoms with E-state index in [4.69, 9.17) is 0 Å². The van der Waals surface area contributed by atoms with Crippen LogP contribution in [0.3, 0.4) is 0 Å². The van der Waals surface area contributed by atoms with E-state index < -0.39 is 33.9 Å². The second kappa shape index (κ2) is 12.6. The molecule has 0 unspecified atom stereocenters. The molecule has 31 heavy (non-hydrogen) atoms. The molecule has 1 aromatic carbocycles. The quantitative estimate of drug-likeness (QED) is 0.460.